The molecule has 5 heteroatoms. The van der Waals surface area contributed by atoms with Crippen molar-refractivity contribution in [3.05, 3.63) is 12.4 Å². The highest BCUT2D eigenvalue weighted by molar-refractivity contribution is 5.32. The zero-order valence-electron chi connectivity index (χ0n) is 10.7. The van der Waals surface area contributed by atoms with Crippen LogP contribution >= 0.6 is 0 Å². The Morgan fingerprint density at radius 1 is 1.29 bits per heavy atom. The molecule has 0 amide bonds. The number of aryl methyl sites for hydroxylation is 1. The lowest BCUT2D eigenvalue weighted by molar-refractivity contribution is 0.254. The molecule has 0 bridgehead atoms. The van der Waals surface area contributed by atoms with Gasteiger partial charge in [-0.25, -0.2) is 4.98 Å². The molecule has 0 saturated carbocycles. The zero-order chi connectivity index (χ0) is 12.1. The minimum atomic E-state index is 0.792. The first-order valence-electron chi connectivity index (χ1n) is 6.53. The summed E-state index contributed by atoms with van der Waals surface area (Å²) in [5.74, 6) is 1.12. The fourth-order valence-electron chi connectivity index (χ4n) is 2.32. The van der Waals surface area contributed by atoms with E-state index in [1.54, 1.807) is 0 Å². The third kappa shape index (κ3) is 2.98. The van der Waals surface area contributed by atoms with Crippen molar-refractivity contribution in [2.75, 3.05) is 44.2 Å². The summed E-state index contributed by atoms with van der Waals surface area (Å²) < 4.78 is 2.20. The van der Waals surface area contributed by atoms with Gasteiger partial charge in [-0.2, -0.15) is 0 Å². The molecular weight excluding hydrogens is 214 g/mol. The lowest BCUT2D eigenvalue weighted by Crippen LogP contribution is -2.47. The fourth-order valence-corrected chi connectivity index (χ4v) is 2.32. The molecular formula is C12H23N5. The van der Waals surface area contributed by atoms with E-state index in [0.717, 1.165) is 58.2 Å². The maximum absolute atomic E-state index is 5.54. The molecule has 0 spiro atoms. The van der Waals surface area contributed by atoms with Crippen molar-refractivity contribution in [1.82, 2.24) is 14.5 Å². The van der Waals surface area contributed by atoms with E-state index in [1.807, 2.05) is 6.20 Å². The van der Waals surface area contributed by atoms with Crippen LogP contribution in [-0.2, 0) is 6.54 Å². The monoisotopic (exact) mass is 237 g/mol. The van der Waals surface area contributed by atoms with E-state index in [4.69, 9.17) is 5.73 Å². The van der Waals surface area contributed by atoms with Crippen molar-refractivity contribution in [3.8, 4) is 0 Å². The van der Waals surface area contributed by atoms with E-state index in [0.29, 0.717) is 0 Å². The summed E-state index contributed by atoms with van der Waals surface area (Å²) in [5, 5.41) is 0. The molecule has 0 aliphatic carbocycles. The van der Waals surface area contributed by atoms with E-state index in [-0.39, 0.29) is 0 Å². The van der Waals surface area contributed by atoms with Crippen LogP contribution in [-0.4, -0.2) is 53.7 Å². The van der Waals surface area contributed by atoms with Crippen molar-refractivity contribution in [1.29, 1.82) is 0 Å². The van der Waals surface area contributed by atoms with Gasteiger partial charge in [-0.15, -0.1) is 0 Å². The third-order valence-corrected chi connectivity index (χ3v) is 3.37. The van der Waals surface area contributed by atoms with Gasteiger partial charge in [-0.1, -0.05) is 0 Å². The minimum absolute atomic E-state index is 0.792. The summed E-state index contributed by atoms with van der Waals surface area (Å²) in [4.78, 5) is 9.31. The molecule has 0 unspecified atom stereocenters. The molecule has 2 heterocycles. The van der Waals surface area contributed by atoms with Crippen molar-refractivity contribution in [2.45, 2.75) is 19.9 Å². The van der Waals surface area contributed by atoms with Gasteiger partial charge in [-0.3, -0.25) is 4.90 Å². The van der Waals surface area contributed by atoms with Gasteiger partial charge in [-0.05, 0) is 26.4 Å². The summed E-state index contributed by atoms with van der Waals surface area (Å²) >= 11 is 0. The first-order chi connectivity index (χ1) is 8.35. The molecule has 0 radical (unpaired) electrons. The fraction of sp³-hybridized carbons (Fsp3) is 0.750. The second kappa shape index (κ2) is 6.02. The predicted octanol–water partition coefficient (Wildman–Crippen LogP) is 0.374. The SMILES string of the molecule is CCn1ccnc1N1CCN(CCCN)CC1. The molecule has 2 N–H and O–H groups in total. The summed E-state index contributed by atoms with van der Waals surface area (Å²) in [5.41, 5.74) is 5.54. The number of nitrogens with two attached hydrogens (primary N) is 1. The van der Waals surface area contributed by atoms with Gasteiger partial charge in [0.15, 0.2) is 0 Å². The number of rotatable bonds is 5. The van der Waals surface area contributed by atoms with Crippen LogP contribution in [0.2, 0.25) is 0 Å². The van der Waals surface area contributed by atoms with Crippen LogP contribution in [0, 0.1) is 0 Å². The van der Waals surface area contributed by atoms with Gasteiger partial charge < -0.3 is 15.2 Å². The zero-order valence-corrected chi connectivity index (χ0v) is 10.7. The third-order valence-electron chi connectivity index (χ3n) is 3.37. The van der Waals surface area contributed by atoms with Gasteiger partial charge in [0.25, 0.3) is 0 Å². The van der Waals surface area contributed by atoms with Crippen LogP contribution in [0.25, 0.3) is 0 Å². The standard InChI is InChI=1S/C12H23N5/c1-2-16-7-5-14-12(16)17-10-8-15(9-11-17)6-3-4-13/h5,7H,2-4,6,8-11,13H2,1H3. The highest BCUT2D eigenvalue weighted by Crippen LogP contribution is 2.14. The molecule has 1 saturated heterocycles. The molecule has 1 aromatic heterocycles. The Morgan fingerprint density at radius 3 is 2.71 bits per heavy atom. The molecule has 1 aromatic rings. The molecule has 0 atom stereocenters. The first kappa shape index (κ1) is 12.4. The van der Waals surface area contributed by atoms with Crippen LogP contribution < -0.4 is 10.6 Å². The maximum atomic E-state index is 5.54. The van der Waals surface area contributed by atoms with Crippen molar-refractivity contribution < 1.29 is 0 Å². The van der Waals surface area contributed by atoms with E-state index in [2.05, 4.69) is 32.5 Å². The van der Waals surface area contributed by atoms with Crippen LogP contribution in [0.3, 0.4) is 0 Å². The molecule has 17 heavy (non-hydrogen) atoms. The summed E-state index contributed by atoms with van der Waals surface area (Å²) in [6.45, 7) is 9.45. The topological polar surface area (TPSA) is 50.3 Å². The van der Waals surface area contributed by atoms with Crippen LogP contribution in [0.4, 0.5) is 5.95 Å². The number of nitrogens with zero attached hydrogens (tertiary/aromatic N) is 4. The Kier molecular flexibility index (Phi) is 4.39. The van der Waals surface area contributed by atoms with E-state index in [9.17, 15) is 0 Å². The maximum Gasteiger partial charge on any atom is 0.205 e. The highest BCUT2D eigenvalue weighted by Gasteiger charge is 2.19. The van der Waals surface area contributed by atoms with Crippen molar-refractivity contribution in [3.63, 3.8) is 0 Å². The van der Waals surface area contributed by atoms with Crippen molar-refractivity contribution >= 4 is 5.95 Å². The van der Waals surface area contributed by atoms with Crippen LogP contribution in [0.15, 0.2) is 12.4 Å². The Bertz CT molecular complexity index is 327. The largest absolute Gasteiger partial charge is 0.340 e. The number of piperazine rings is 1. The Balaban J connectivity index is 1.86. The number of aromatic nitrogens is 2. The van der Waals surface area contributed by atoms with Gasteiger partial charge >= 0.3 is 0 Å². The van der Waals surface area contributed by atoms with Crippen LogP contribution in [0.1, 0.15) is 13.3 Å². The molecule has 1 aliphatic heterocycles. The molecule has 2 rings (SSSR count). The van der Waals surface area contributed by atoms with E-state index >= 15 is 0 Å². The predicted molar refractivity (Wildman–Crippen MR) is 70.2 cm³/mol. The van der Waals surface area contributed by atoms with Crippen molar-refractivity contribution in [2.24, 2.45) is 5.73 Å². The number of imidazole rings is 1. The normalized spacial score (nSPS) is 17.6. The van der Waals surface area contributed by atoms with Gasteiger partial charge in [0, 0.05) is 45.1 Å². The molecule has 0 aromatic carbocycles. The highest BCUT2D eigenvalue weighted by atomic mass is 15.3. The number of anilines is 1. The Morgan fingerprint density at radius 2 is 2.06 bits per heavy atom. The lowest BCUT2D eigenvalue weighted by atomic mass is 10.3. The molecule has 1 aliphatic rings. The van der Waals surface area contributed by atoms with Gasteiger partial charge in [0.2, 0.25) is 5.95 Å². The summed E-state index contributed by atoms with van der Waals surface area (Å²) in [7, 11) is 0. The number of hydrogen-bond acceptors (Lipinski definition) is 4. The van der Waals surface area contributed by atoms with Crippen LogP contribution in [0.5, 0.6) is 0 Å². The quantitative estimate of drug-likeness (QED) is 0.804. The van der Waals surface area contributed by atoms with E-state index < -0.39 is 0 Å². The Labute approximate surface area is 103 Å². The van der Waals surface area contributed by atoms with Gasteiger partial charge in [0.1, 0.15) is 0 Å². The molecule has 5 nitrogen and oxygen atoms in total. The smallest absolute Gasteiger partial charge is 0.205 e. The van der Waals surface area contributed by atoms with E-state index in [1.165, 1.54) is 0 Å². The Hall–Kier alpha value is -1.07. The molecule has 1 fully saturated rings. The minimum Gasteiger partial charge on any atom is -0.340 e. The first-order valence-corrected chi connectivity index (χ1v) is 6.53. The summed E-state index contributed by atoms with van der Waals surface area (Å²) in [6, 6.07) is 0. The second-order valence-electron chi connectivity index (χ2n) is 4.48. The summed E-state index contributed by atoms with van der Waals surface area (Å²) in [6.07, 6.45) is 5.04. The lowest BCUT2D eigenvalue weighted by Gasteiger charge is -2.35. The average Bonchev–Trinajstić information content (AvgIpc) is 2.85. The average molecular weight is 237 g/mol. The molecule has 96 valence electrons. The number of hydrogen-bond donors (Lipinski definition) is 1. The van der Waals surface area contributed by atoms with Gasteiger partial charge in [0.05, 0.1) is 0 Å². The second-order valence-corrected chi connectivity index (χ2v) is 4.48.